The van der Waals surface area contributed by atoms with Crippen LogP contribution in [0.4, 0.5) is 23.3 Å². The molecular weight excluding hydrogens is 478 g/mol. The van der Waals surface area contributed by atoms with E-state index in [1.54, 1.807) is 36.7 Å². The SMILES string of the molecule is Cc1cccc(-c2nccc(Nc3ccnc(Nc4ccc(S(=O)(=O)NCCN(C)C)cc4)n3)n2)n1. The molecule has 0 amide bonds. The first-order valence-corrected chi connectivity index (χ1v) is 12.7. The maximum Gasteiger partial charge on any atom is 0.240 e. The molecule has 0 aliphatic carbocycles. The van der Waals surface area contributed by atoms with E-state index in [0.29, 0.717) is 47.9 Å². The van der Waals surface area contributed by atoms with E-state index < -0.39 is 10.0 Å². The van der Waals surface area contributed by atoms with Gasteiger partial charge in [0.15, 0.2) is 5.82 Å². The normalized spacial score (nSPS) is 11.4. The van der Waals surface area contributed by atoms with Crippen molar-refractivity contribution in [2.75, 3.05) is 37.8 Å². The summed E-state index contributed by atoms with van der Waals surface area (Å²) in [5, 5.41) is 6.23. The minimum Gasteiger partial charge on any atom is -0.325 e. The Hall–Kier alpha value is -4.00. The van der Waals surface area contributed by atoms with Gasteiger partial charge in [-0.05, 0) is 69.6 Å². The molecule has 0 atom stereocenters. The Morgan fingerprint density at radius 3 is 2.28 bits per heavy atom. The summed E-state index contributed by atoms with van der Waals surface area (Å²) in [6.07, 6.45) is 3.26. The van der Waals surface area contributed by atoms with Crippen LogP contribution in [0.5, 0.6) is 0 Å². The maximum absolute atomic E-state index is 12.4. The lowest BCUT2D eigenvalue weighted by molar-refractivity contribution is 0.412. The standard InChI is InChI=1S/C24H27N9O2S/c1-17-5-4-6-20(28-17)23-25-13-11-21(31-23)30-22-12-14-26-24(32-22)29-18-7-9-19(10-8-18)36(34,35)27-15-16-33(2)3/h4-14,27H,15-16H2,1-3H3,(H2,25,26,29,30,31,32). The van der Waals surface area contributed by atoms with Crippen LogP contribution in [0, 0.1) is 6.92 Å². The van der Waals surface area contributed by atoms with Gasteiger partial charge in [0.05, 0.1) is 4.90 Å². The molecule has 0 unspecified atom stereocenters. The van der Waals surface area contributed by atoms with Crippen LogP contribution >= 0.6 is 0 Å². The van der Waals surface area contributed by atoms with E-state index in [9.17, 15) is 8.42 Å². The molecule has 3 aromatic heterocycles. The van der Waals surface area contributed by atoms with Gasteiger partial charge in [0.2, 0.25) is 16.0 Å². The summed E-state index contributed by atoms with van der Waals surface area (Å²) in [5.41, 5.74) is 2.21. The van der Waals surface area contributed by atoms with Gasteiger partial charge < -0.3 is 15.5 Å². The van der Waals surface area contributed by atoms with Crippen LogP contribution in [0.25, 0.3) is 11.5 Å². The molecule has 0 bridgehead atoms. The van der Waals surface area contributed by atoms with E-state index in [2.05, 4.69) is 40.3 Å². The second-order valence-corrected chi connectivity index (χ2v) is 9.94. The molecule has 0 spiro atoms. The molecule has 0 saturated carbocycles. The quantitative estimate of drug-likeness (QED) is 0.295. The fraction of sp³-hybridized carbons (Fsp3) is 0.208. The lowest BCUT2D eigenvalue weighted by Crippen LogP contribution is -2.31. The predicted molar refractivity (Wildman–Crippen MR) is 139 cm³/mol. The first kappa shape index (κ1) is 25.1. The third-order valence-corrected chi connectivity index (χ3v) is 6.43. The number of likely N-dealkylation sites (N-methyl/N-ethyl adjacent to an activating group) is 1. The highest BCUT2D eigenvalue weighted by atomic mass is 32.2. The van der Waals surface area contributed by atoms with Crippen LogP contribution in [-0.2, 0) is 10.0 Å². The monoisotopic (exact) mass is 505 g/mol. The van der Waals surface area contributed by atoms with Crippen molar-refractivity contribution >= 4 is 33.3 Å². The van der Waals surface area contributed by atoms with E-state index in [1.165, 1.54) is 12.1 Å². The molecule has 11 nitrogen and oxygen atoms in total. The van der Waals surface area contributed by atoms with Crippen molar-refractivity contribution in [2.24, 2.45) is 0 Å². The second kappa shape index (κ2) is 11.2. The predicted octanol–water partition coefficient (Wildman–Crippen LogP) is 2.96. The van der Waals surface area contributed by atoms with Crippen LogP contribution in [0.2, 0.25) is 0 Å². The number of nitrogens with zero attached hydrogens (tertiary/aromatic N) is 6. The number of hydrogen-bond donors (Lipinski definition) is 3. The molecule has 0 aliphatic heterocycles. The lowest BCUT2D eigenvalue weighted by atomic mass is 10.3. The third-order valence-electron chi connectivity index (χ3n) is 4.96. The number of aromatic nitrogens is 5. The molecule has 0 aliphatic rings. The van der Waals surface area contributed by atoms with Gasteiger partial charge in [-0.25, -0.2) is 33.1 Å². The molecule has 36 heavy (non-hydrogen) atoms. The highest BCUT2D eigenvalue weighted by molar-refractivity contribution is 7.89. The first-order chi connectivity index (χ1) is 17.3. The summed E-state index contributed by atoms with van der Waals surface area (Å²) in [6.45, 7) is 2.86. The van der Waals surface area contributed by atoms with Crippen LogP contribution in [0.15, 0.2) is 71.9 Å². The Morgan fingerprint density at radius 1 is 0.833 bits per heavy atom. The van der Waals surface area contributed by atoms with Gasteiger partial charge in [-0.1, -0.05) is 6.07 Å². The molecule has 0 radical (unpaired) electrons. The average Bonchev–Trinajstić information content (AvgIpc) is 2.84. The van der Waals surface area contributed by atoms with Crippen molar-refractivity contribution in [3.63, 3.8) is 0 Å². The number of nitrogens with one attached hydrogen (secondary N) is 3. The molecule has 12 heteroatoms. The van der Waals surface area contributed by atoms with Crippen LogP contribution in [0.3, 0.4) is 0 Å². The lowest BCUT2D eigenvalue weighted by Gasteiger charge is -2.12. The molecule has 3 heterocycles. The number of rotatable bonds is 10. The second-order valence-electron chi connectivity index (χ2n) is 8.17. The third kappa shape index (κ3) is 6.78. The summed E-state index contributed by atoms with van der Waals surface area (Å²) in [4.78, 5) is 24.1. The topological polar surface area (TPSA) is 138 Å². The van der Waals surface area contributed by atoms with Crippen molar-refractivity contribution in [1.82, 2.24) is 34.5 Å². The van der Waals surface area contributed by atoms with E-state index in [4.69, 9.17) is 0 Å². The van der Waals surface area contributed by atoms with Crippen molar-refractivity contribution in [1.29, 1.82) is 0 Å². The van der Waals surface area contributed by atoms with Crippen molar-refractivity contribution < 1.29 is 8.42 Å². The van der Waals surface area contributed by atoms with Gasteiger partial charge in [0, 0.05) is 36.9 Å². The van der Waals surface area contributed by atoms with Gasteiger partial charge in [-0.15, -0.1) is 0 Å². The Bertz CT molecular complexity index is 1430. The molecule has 3 N–H and O–H groups in total. The number of anilines is 4. The molecule has 4 aromatic rings. The van der Waals surface area contributed by atoms with Crippen molar-refractivity contribution in [3.05, 3.63) is 72.7 Å². The zero-order chi connectivity index (χ0) is 25.5. The fourth-order valence-electron chi connectivity index (χ4n) is 3.17. The smallest absolute Gasteiger partial charge is 0.240 e. The van der Waals surface area contributed by atoms with Crippen LogP contribution in [-0.4, -0.2) is 65.4 Å². The molecule has 186 valence electrons. The highest BCUT2D eigenvalue weighted by Gasteiger charge is 2.13. The number of pyridine rings is 1. The Balaban J connectivity index is 1.42. The first-order valence-electron chi connectivity index (χ1n) is 11.2. The van der Waals surface area contributed by atoms with E-state index in [-0.39, 0.29) is 4.90 Å². The van der Waals surface area contributed by atoms with Crippen molar-refractivity contribution in [2.45, 2.75) is 11.8 Å². The summed E-state index contributed by atoms with van der Waals surface area (Å²) < 4.78 is 27.5. The van der Waals surface area contributed by atoms with E-state index in [0.717, 1.165) is 5.69 Å². The maximum atomic E-state index is 12.4. The number of benzene rings is 1. The Morgan fingerprint density at radius 2 is 1.56 bits per heavy atom. The van der Waals surface area contributed by atoms with Gasteiger partial charge in [-0.3, -0.25) is 0 Å². The van der Waals surface area contributed by atoms with E-state index >= 15 is 0 Å². The van der Waals surface area contributed by atoms with Gasteiger partial charge in [0.25, 0.3) is 0 Å². The summed E-state index contributed by atoms with van der Waals surface area (Å²) >= 11 is 0. The fourth-order valence-corrected chi connectivity index (χ4v) is 4.19. The van der Waals surface area contributed by atoms with Gasteiger partial charge in [-0.2, -0.15) is 4.98 Å². The summed E-state index contributed by atoms with van der Waals surface area (Å²) in [6, 6.07) is 15.5. The van der Waals surface area contributed by atoms with Crippen LogP contribution in [0.1, 0.15) is 5.69 Å². The van der Waals surface area contributed by atoms with Gasteiger partial charge in [0.1, 0.15) is 17.3 Å². The molecule has 0 saturated heterocycles. The zero-order valence-electron chi connectivity index (χ0n) is 20.2. The number of hydrogen-bond acceptors (Lipinski definition) is 10. The van der Waals surface area contributed by atoms with Crippen LogP contribution < -0.4 is 15.4 Å². The highest BCUT2D eigenvalue weighted by Crippen LogP contribution is 2.20. The largest absolute Gasteiger partial charge is 0.325 e. The Labute approximate surface area is 210 Å². The molecule has 1 aromatic carbocycles. The zero-order valence-corrected chi connectivity index (χ0v) is 21.0. The molecule has 0 fully saturated rings. The number of aryl methyl sites for hydroxylation is 1. The minimum absolute atomic E-state index is 0.186. The van der Waals surface area contributed by atoms with Crippen molar-refractivity contribution in [3.8, 4) is 11.5 Å². The number of sulfonamides is 1. The Kier molecular flexibility index (Phi) is 7.78. The summed E-state index contributed by atoms with van der Waals surface area (Å²) in [7, 11) is 0.193. The summed E-state index contributed by atoms with van der Waals surface area (Å²) in [5.74, 6) is 1.93. The molecule has 4 rings (SSSR count). The average molecular weight is 506 g/mol. The van der Waals surface area contributed by atoms with E-state index in [1.807, 2.05) is 44.1 Å². The van der Waals surface area contributed by atoms with Gasteiger partial charge >= 0.3 is 0 Å². The molecular formula is C24H27N9O2S. The minimum atomic E-state index is -3.58.